The van der Waals surface area contributed by atoms with E-state index in [0.717, 1.165) is 32.5 Å². The zero-order chi connectivity index (χ0) is 17.1. The lowest BCUT2D eigenvalue weighted by atomic mass is 9.84. The van der Waals surface area contributed by atoms with Gasteiger partial charge in [-0.25, -0.2) is 0 Å². The zero-order valence-corrected chi connectivity index (χ0v) is 13.8. The third-order valence-electron chi connectivity index (χ3n) is 4.91. The fraction of sp³-hybridized carbons (Fsp3) is 0.588. The standard InChI is InChI=1S/C17H23N3O4/c1-11(21)19-14-8-15(16(22)18-9-14)17(23)20-5-2-12(3-6-20)13-4-7-24-10-13/h8-9,12-13H,2-7,10H2,1H3,(H,18,22)(H,19,21). The number of H-pyrrole nitrogens is 1. The smallest absolute Gasteiger partial charge is 0.260 e. The van der Waals surface area contributed by atoms with Gasteiger partial charge < -0.3 is 19.9 Å². The van der Waals surface area contributed by atoms with Gasteiger partial charge >= 0.3 is 0 Å². The van der Waals surface area contributed by atoms with Crippen LogP contribution in [0.3, 0.4) is 0 Å². The molecule has 2 saturated heterocycles. The third-order valence-corrected chi connectivity index (χ3v) is 4.91. The van der Waals surface area contributed by atoms with Gasteiger partial charge in [0.25, 0.3) is 11.5 Å². The van der Waals surface area contributed by atoms with E-state index in [-0.39, 0.29) is 17.4 Å². The number of aromatic amines is 1. The lowest BCUT2D eigenvalue weighted by Gasteiger charge is -2.34. The fourth-order valence-electron chi connectivity index (χ4n) is 3.59. The Morgan fingerprint density at radius 1 is 1.25 bits per heavy atom. The van der Waals surface area contributed by atoms with Gasteiger partial charge in [-0.1, -0.05) is 0 Å². The molecule has 1 aromatic heterocycles. The van der Waals surface area contributed by atoms with Crippen molar-refractivity contribution in [1.29, 1.82) is 0 Å². The summed E-state index contributed by atoms with van der Waals surface area (Å²) in [6.07, 6.45) is 4.40. The van der Waals surface area contributed by atoms with E-state index in [1.54, 1.807) is 4.90 Å². The summed E-state index contributed by atoms with van der Waals surface area (Å²) < 4.78 is 5.45. The van der Waals surface area contributed by atoms with Gasteiger partial charge in [0.1, 0.15) is 5.56 Å². The molecule has 1 aromatic rings. The maximum absolute atomic E-state index is 12.7. The molecule has 3 heterocycles. The van der Waals surface area contributed by atoms with Crippen molar-refractivity contribution < 1.29 is 14.3 Å². The Hall–Kier alpha value is -2.15. The predicted molar refractivity (Wildman–Crippen MR) is 88.9 cm³/mol. The topological polar surface area (TPSA) is 91.5 Å². The van der Waals surface area contributed by atoms with Gasteiger partial charge in [-0.3, -0.25) is 14.4 Å². The molecule has 0 bridgehead atoms. The van der Waals surface area contributed by atoms with Crippen molar-refractivity contribution in [2.45, 2.75) is 26.2 Å². The van der Waals surface area contributed by atoms with Crippen LogP contribution >= 0.6 is 0 Å². The molecule has 2 N–H and O–H groups in total. The van der Waals surface area contributed by atoms with Crippen LogP contribution in [0.1, 0.15) is 36.5 Å². The van der Waals surface area contributed by atoms with Gasteiger partial charge in [-0.05, 0) is 37.2 Å². The molecule has 0 saturated carbocycles. The van der Waals surface area contributed by atoms with Crippen molar-refractivity contribution in [3.63, 3.8) is 0 Å². The molecule has 0 spiro atoms. The zero-order valence-electron chi connectivity index (χ0n) is 13.8. The number of nitrogens with one attached hydrogen (secondary N) is 2. The molecule has 2 fully saturated rings. The molecule has 0 aliphatic carbocycles. The lowest BCUT2D eigenvalue weighted by Crippen LogP contribution is -2.42. The first-order valence-corrected chi connectivity index (χ1v) is 8.42. The van der Waals surface area contributed by atoms with Gasteiger partial charge in [0.15, 0.2) is 0 Å². The van der Waals surface area contributed by atoms with Crippen LogP contribution in [0.5, 0.6) is 0 Å². The molecule has 24 heavy (non-hydrogen) atoms. The Balaban J connectivity index is 1.66. The number of likely N-dealkylation sites (tertiary alicyclic amines) is 1. The summed E-state index contributed by atoms with van der Waals surface area (Å²) in [5.41, 5.74) is 0.0627. The Kier molecular flexibility index (Phi) is 4.99. The average molecular weight is 333 g/mol. The van der Waals surface area contributed by atoms with Crippen LogP contribution in [0.4, 0.5) is 5.69 Å². The summed E-state index contributed by atoms with van der Waals surface area (Å²) in [5.74, 6) is 0.680. The van der Waals surface area contributed by atoms with Gasteiger partial charge in [0.05, 0.1) is 5.69 Å². The Morgan fingerprint density at radius 2 is 2.00 bits per heavy atom. The number of hydrogen-bond donors (Lipinski definition) is 2. The first-order valence-electron chi connectivity index (χ1n) is 8.42. The summed E-state index contributed by atoms with van der Waals surface area (Å²) >= 11 is 0. The maximum Gasteiger partial charge on any atom is 0.260 e. The van der Waals surface area contributed by atoms with Gasteiger partial charge in [0.2, 0.25) is 5.91 Å². The number of rotatable bonds is 3. The number of carbonyl (C=O) groups excluding carboxylic acids is 2. The van der Waals surface area contributed by atoms with Gasteiger partial charge in [0, 0.05) is 39.4 Å². The van der Waals surface area contributed by atoms with Crippen molar-refractivity contribution in [3.05, 3.63) is 28.2 Å². The Labute approximate surface area is 140 Å². The SMILES string of the molecule is CC(=O)Nc1c[nH]c(=O)c(C(=O)N2CCC(C3CCOC3)CC2)c1. The largest absolute Gasteiger partial charge is 0.381 e. The van der Waals surface area contributed by atoms with E-state index in [1.165, 1.54) is 19.2 Å². The molecule has 0 aromatic carbocycles. The summed E-state index contributed by atoms with van der Waals surface area (Å²) in [5, 5.41) is 2.58. The third kappa shape index (κ3) is 3.67. The summed E-state index contributed by atoms with van der Waals surface area (Å²) in [6, 6.07) is 1.44. The van der Waals surface area contributed by atoms with Crippen molar-refractivity contribution in [2.75, 3.05) is 31.6 Å². The van der Waals surface area contributed by atoms with Crippen molar-refractivity contribution in [1.82, 2.24) is 9.88 Å². The van der Waals surface area contributed by atoms with Gasteiger partial charge in [-0.15, -0.1) is 0 Å². The number of piperidine rings is 1. The minimum atomic E-state index is -0.430. The molecular formula is C17H23N3O4. The Morgan fingerprint density at radius 3 is 2.62 bits per heavy atom. The summed E-state index contributed by atoms with van der Waals surface area (Å²) in [6.45, 7) is 4.36. The van der Waals surface area contributed by atoms with Crippen LogP contribution in [0, 0.1) is 11.8 Å². The van der Waals surface area contributed by atoms with E-state index in [1.807, 2.05) is 0 Å². The van der Waals surface area contributed by atoms with Crippen molar-refractivity contribution in [2.24, 2.45) is 11.8 Å². The van der Waals surface area contributed by atoms with Crippen LogP contribution in [0.25, 0.3) is 0 Å². The summed E-state index contributed by atoms with van der Waals surface area (Å²) in [7, 11) is 0. The number of anilines is 1. The minimum Gasteiger partial charge on any atom is -0.381 e. The van der Waals surface area contributed by atoms with Gasteiger partial charge in [-0.2, -0.15) is 0 Å². The second kappa shape index (κ2) is 7.17. The van der Waals surface area contributed by atoms with Crippen LogP contribution in [-0.4, -0.2) is 48.0 Å². The van der Waals surface area contributed by atoms with Crippen molar-refractivity contribution in [3.8, 4) is 0 Å². The van der Waals surface area contributed by atoms with E-state index in [0.29, 0.717) is 30.6 Å². The number of pyridine rings is 1. The van der Waals surface area contributed by atoms with E-state index in [2.05, 4.69) is 10.3 Å². The number of hydrogen-bond acceptors (Lipinski definition) is 4. The quantitative estimate of drug-likeness (QED) is 0.870. The molecule has 0 radical (unpaired) electrons. The molecule has 1 unspecified atom stereocenters. The van der Waals surface area contributed by atoms with Crippen LogP contribution in [-0.2, 0) is 9.53 Å². The summed E-state index contributed by atoms with van der Waals surface area (Å²) in [4.78, 5) is 40.0. The van der Waals surface area contributed by atoms with Crippen LogP contribution < -0.4 is 10.9 Å². The highest BCUT2D eigenvalue weighted by molar-refractivity contribution is 5.96. The predicted octanol–water partition coefficient (Wildman–Crippen LogP) is 1.22. The van der Waals surface area contributed by atoms with Crippen molar-refractivity contribution >= 4 is 17.5 Å². The van der Waals surface area contributed by atoms with Crippen LogP contribution in [0.15, 0.2) is 17.1 Å². The monoisotopic (exact) mass is 333 g/mol. The van der Waals surface area contributed by atoms with Crippen LogP contribution in [0.2, 0.25) is 0 Å². The molecule has 2 aliphatic heterocycles. The molecule has 3 rings (SSSR count). The molecular weight excluding hydrogens is 310 g/mol. The van der Waals surface area contributed by atoms with E-state index in [9.17, 15) is 14.4 Å². The number of nitrogens with zero attached hydrogens (tertiary/aromatic N) is 1. The highest BCUT2D eigenvalue weighted by atomic mass is 16.5. The molecule has 7 heteroatoms. The number of aromatic nitrogens is 1. The Bertz CT molecular complexity index is 671. The normalized spacial score (nSPS) is 21.7. The van der Waals surface area contributed by atoms with E-state index < -0.39 is 5.56 Å². The first-order chi connectivity index (χ1) is 11.5. The molecule has 130 valence electrons. The molecule has 2 aliphatic rings. The molecule has 2 amide bonds. The molecule has 7 nitrogen and oxygen atoms in total. The lowest BCUT2D eigenvalue weighted by molar-refractivity contribution is -0.114. The number of carbonyl (C=O) groups is 2. The maximum atomic E-state index is 12.7. The van der Waals surface area contributed by atoms with E-state index >= 15 is 0 Å². The fourth-order valence-corrected chi connectivity index (χ4v) is 3.59. The highest BCUT2D eigenvalue weighted by Gasteiger charge is 2.31. The second-order valence-corrected chi connectivity index (χ2v) is 6.57. The minimum absolute atomic E-state index is 0.0731. The molecule has 1 atom stereocenters. The average Bonchev–Trinajstić information content (AvgIpc) is 3.10. The van der Waals surface area contributed by atoms with E-state index in [4.69, 9.17) is 4.74 Å². The first kappa shape index (κ1) is 16.7. The second-order valence-electron chi connectivity index (χ2n) is 6.57. The number of ether oxygens (including phenoxy) is 1. The highest BCUT2D eigenvalue weighted by Crippen LogP contribution is 2.30. The number of amides is 2.